The molecule has 0 radical (unpaired) electrons. The zero-order chi connectivity index (χ0) is 13.9. The van der Waals surface area contributed by atoms with E-state index in [9.17, 15) is 9.90 Å². The van der Waals surface area contributed by atoms with Crippen LogP contribution in [-0.2, 0) is 10.4 Å². The molecule has 2 aromatic rings. The molecule has 1 N–H and O–H groups in total. The second-order valence-electron chi connectivity index (χ2n) is 5.10. The van der Waals surface area contributed by atoms with Gasteiger partial charge in [-0.15, -0.1) is 0 Å². The molecule has 0 aliphatic heterocycles. The van der Waals surface area contributed by atoms with Crippen LogP contribution in [0.2, 0.25) is 0 Å². The van der Waals surface area contributed by atoms with E-state index in [0.29, 0.717) is 0 Å². The average Bonchev–Trinajstić information content (AvgIpc) is 2.38. The Bertz CT molecular complexity index is 554. The molecule has 0 saturated carbocycles. The fourth-order valence-corrected chi connectivity index (χ4v) is 2.24. The Labute approximate surface area is 113 Å². The molecule has 19 heavy (non-hydrogen) atoms. The first-order valence-electron chi connectivity index (χ1n) is 6.37. The van der Waals surface area contributed by atoms with Crippen molar-refractivity contribution in [2.75, 3.05) is 0 Å². The van der Waals surface area contributed by atoms with E-state index in [4.69, 9.17) is 0 Å². The fraction of sp³-hybridized carbons (Fsp3) is 0.235. The highest BCUT2D eigenvalue weighted by molar-refractivity contribution is 5.77. The first-order valence-corrected chi connectivity index (χ1v) is 6.37. The molecule has 0 heterocycles. The highest BCUT2D eigenvalue weighted by Gasteiger charge is 2.24. The average molecular weight is 254 g/mol. The lowest BCUT2D eigenvalue weighted by Crippen LogP contribution is -2.24. The van der Waals surface area contributed by atoms with Crippen LogP contribution in [0.15, 0.2) is 54.6 Å². The van der Waals surface area contributed by atoms with E-state index in [1.165, 1.54) is 6.92 Å². The van der Waals surface area contributed by atoms with Crippen molar-refractivity contribution >= 4 is 5.78 Å². The van der Waals surface area contributed by atoms with E-state index in [-0.39, 0.29) is 12.2 Å². The van der Waals surface area contributed by atoms with Crippen LogP contribution in [0, 0.1) is 0 Å². The number of carbonyl (C=O) groups excluding carboxylic acids is 1. The van der Waals surface area contributed by atoms with Gasteiger partial charge in [-0.2, -0.15) is 0 Å². The Kier molecular flexibility index (Phi) is 3.82. The first-order chi connectivity index (χ1) is 8.99. The molecule has 0 aromatic heterocycles. The monoisotopic (exact) mass is 254 g/mol. The number of aliphatic hydroxyl groups is 1. The predicted molar refractivity (Wildman–Crippen MR) is 76.7 cm³/mol. The van der Waals surface area contributed by atoms with Gasteiger partial charge in [0.1, 0.15) is 5.78 Å². The van der Waals surface area contributed by atoms with Crippen molar-refractivity contribution < 1.29 is 9.90 Å². The molecule has 98 valence electrons. The molecule has 1 unspecified atom stereocenters. The van der Waals surface area contributed by atoms with Crippen LogP contribution in [0.25, 0.3) is 11.1 Å². The molecule has 2 rings (SSSR count). The van der Waals surface area contributed by atoms with Gasteiger partial charge in [0.25, 0.3) is 0 Å². The van der Waals surface area contributed by atoms with Gasteiger partial charge in [-0.3, -0.25) is 4.79 Å². The molecule has 0 fully saturated rings. The van der Waals surface area contributed by atoms with E-state index in [1.807, 2.05) is 54.6 Å². The van der Waals surface area contributed by atoms with Crippen LogP contribution in [0.5, 0.6) is 0 Å². The van der Waals surface area contributed by atoms with Crippen molar-refractivity contribution in [1.82, 2.24) is 0 Å². The standard InChI is InChI=1S/C17H18O2/c1-13(18)12-17(2,19)16-10-8-15(9-11-16)14-6-4-3-5-7-14/h3-11,19H,12H2,1-2H3. The molecule has 0 saturated heterocycles. The molecular weight excluding hydrogens is 236 g/mol. The van der Waals surface area contributed by atoms with Crippen molar-refractivity contribution in [2.45, 2.75) is 25.9 Å². The van der Waals surface area contributed by atoms with E-state index in [0.717, 1.165) is 16.7 Å². The molecule has 2 nitrogen and oxygen atoms in total. The molecule has 1 atom stereocenters. The van der Waals surface area contributed by atoms with Crippen molar-refractivity contribution in [2.24, 2.45) is 0 Å². The third-order valence-electron chi connectivity index (χ3n) is 3.21. The van der Waals surface area contributed by atoms with Crippen LogP contribution >= 0.6 is 0 Å². The summed E-state index contributed by atoms with van der Waals surface area (Å²) in [5.41, 5.74) is 1.91. The number of hydrogen-bond donors (Lipinski definition) is 1. The summed E-state index contributed by atoms with van der Waals surface area (Å²) in [5.74, 6) is -0.0165. The third-order valence-corrected chi connectivity index (χ3v) is 3.21. The summed E-state index contributed by atoms with van der Waals surface area (Å²) >= 11 is 0. The zero-order valence-electron chi connectivity index (χ0n) is 11.3. The largest absolute Gasteiger partial charge is 0.385 e. The summed E-state index contributed by atoms with van der Waals surface area (Å²) in [6.45, 7) is 3.17. The first kappa shape index (κ1) is 13.5. The Hall–Kier alpha value is -1.93. The summed E-state index contributed by atoms with van der Waals surface area (Å²) < 4.78 is 0. The number of hydrogen-bond acceptors (Lipinski definition) is 2. The maximum absolute atomic E-state index is 11.2. The van der Waals surface area contributed by atoms with Crippen LogP contribution in [0.4, 0.5) is 0 Å². The van der Waals surface area contributed by atoms with Gasteiger partial charge in [0.2, 0.25) is 0 Å². The zero-order valence-corrected chi connectivity index (χ0v) is 11.3. The third kappa shape index (κ3) is 3.30. The van der Waals surface area contributed by atoms with Gasteiger partial charge in [-0.1, -0.05) is 54.6 Å². The molecule has 2 aromatic carbocycles. The normalized spacial score (nSPS) is 13.8. The number of benzene rings is 2. The Balaban J connectivity index is 2.26. The van der Waals surface area contributed by atoms with Gasteiger partial charge >= 0.3 is 0 Å². The lowest BCUT2D eigenvalue weighted by molar-refractivity contribution is -0.121. The summed E-state index contributed by atoms with van der Waals surface area (Å²) in [5, 5.41) is 10.3. The summed E-state index contributed by atoms with van der Waals surface area (Å²) in [4.78, 5) is 11.2. The molecule has 0 amide bonds. The second kappa shape index (κ2) is 5.37. The fourth-order valence-electron chi connectivity index (χ4n) is 2.24. The lowest BCUT2D eigenvalue weighted by atomic mass is 9.90. The van der Waals surface area contributed by atoms with Gasteiger partial charge in [0.05, 0.1) is 5.60 Å². The van der Waals surface area contributed by atoms with Crippen molar-refractivity contribution in [1.29, 1.82) is 0 Å². The summed E-state index contributed by atoms with van der Waals surface area (Å²) in [6.07, 6.45) is 0.137. The van der Waals surface area contributed by atoms with E-state index in [2.05, 4.69) is 0 Å². The van der Waals surface area contributed by atoms with Gasteiger partial charge < -0.3 is 5.11 Å². The highest BCUT2D eigenvalue weighted by Crippen LogP contribution is 2.27. The van der Waals surface area contributed by atoms with Crippen molar-refractivity contribution in [3.05, 3.63) is 60.2 Å². The molecular formula is C17H18O2. The molecule has 0 aliphatic carbocycles. The minimum absolute atomic E-state index is 0.0165. The predicted octanol–water partition coefficient (Wildman–Crippen LogP) is 3.54. The van der Waals surface area contributed by atoms with Crippen molar-refractivity contribution in [3.63, 3.8) is 0 Å². The Morgan fingerprint density at radius 2 is 1.53 bits per heavy atom. The Morgan fingerprint density at radius 3 is 2.05 bits per heavy atom. The van der Waals surface area contributed by atoms with Crippen LogP contribution in [0.3, 0.4) is 0 Å². The molecule has 2 heteroatoms. The van der Waals surface area contributed by atoms with Gasteiger partial charge in [-0.05, 0) is 30.5 Å². The number of carbonyl (C=O) groups is 1. The van der Waals surface area contributed by atoms with E-state index < -0.39 is 5.60 Å². The number of Topliss-reactive ketones (excluding diaryl/α,β-unsaturated/α-hetero) is 1. The Morgan fingerprint density at radius 1 is 1.00 bits per heavy atom. The lowest BCUT2D eigenvalue weighted by Gasteiger charge is -2.22. The molecule has 0 aliphatic rings. The van der Waals surface area contributed by atoms with Gasteiger partial charge in [0, 0.05) is 6.42 Å². The van der Waals surface area contributed by atoms with E-state index in [1.54, 1.807) is 6.92 Å². The molecule has 0 bridgehead atoms. The SMILES string of the molecule is CC(=O)CC(C)(O)c1ccc(-c2ccccc2)cc1. The van der Waals surface area contributed by atoms with E-state index >= 15 is 0 Å². The minimum atomic E-state index is -1.10. The number of rotatable bonds is 4. The molecule has 0 spiro atoms. The van der Waals surface area contributed by atoms with Gasteiger partial charge in [-0.25, -0.2) is 0 Å². The maximum Gasteiger partial charge on any atom is 0.133 e. The van der Waals surface area contributed by atoms with Crippen LogP contribution < -0.4 is 0 Å². The van der Waals surface area contributed by atoms with Crippen LogP contribution in [0.1, 0.15) is 25.8 Å². The quantitative estimate of drug-likeness (QED) is 0.906. The second-order valence-corrected chi connectivity index (χ2v) is 5.10. The number of ketones is 1. The summed E-state index contributed by atoms with van der Waals surface area (Å²) in [7, 11) is 0. The topological polar surface area (TPSA) is 37.3 Å². The smallest absolute Gasteiger partial charge is 0.133 e. The highest BCUT2D eigenvalue weighted by atomic mass is 16.3. The maximum atomic E-state index is 11.2. The van der Waals surface area contributed by atoms with Gasteiger partial charge in [0.15, 0.2) is 0 Å². The van der Waals surface area contributed by atoms with Crippen molar-refractivity contribution in [3.8, 4) is 11.1 Å². The minimum Gasteiger partial charge on any atom is -0.385 e. The summed E-state index contributed by atoms with van der Waals surface area (Å²) in [6, 6.07) is 17.8. The van der Waals surface area contributed by atoms with Crippen LogP contribution in [-0.4, -0.2) is 10.9 Å².